The van der Waals surface area contributed by atoms with Gasteiger partial charge in [-0.25, -0.2) is 0 Å². The number of phenolic OH excluding ortho intramolecular Hbond substituents is 3. The van der Waals surface area contributed by atoms with E-state index >= 15 is 0 Å². The maximum atomic E-state index is 9.67. The molecule has 5 nitrogen and oxygen atoms in total. The van der Waals surface area contributed by atoms with Gasteiger partial charge in [0.2, 0.25) is 5.75 Å². The van der Waals surface area contributed by atoms with Crippen LogP contribution in [-0.4, -0.2) is 46.4 Å². The third-order valence-electron chi connectivity index (χ3n) is 3.58. The molecule has 1 saturated heterocycles. The van der Waals surface area contributed by atoms with Crippen LogP contribution in [0.5, 0.6) is 17.2 Å². The molecule has 0 bridgehead atoms. The van der Waals surface area contributed by atoms with Gasteiger partial charge < -0.3 is 25.5 Å². The first-order valence-electron chi connectivity index (χ1n) is 6.84. The van der Waals surface area contributed by atoms with Crippen molar-refractivity contribution in [1.29, 1.82) is 0 Å². The van der Waals surface area contributed by atoms with Crippen LogP contribution in [0.15, 0.2) is 12.1 Å². The fourth-order valence-corrected chi connectivity index (χ4v) is 2.40. The second kappa shape index (κ2) is 6.63. The Kier molecular flexibility index (Phi) is 4.87. The molecule has 19 heavy (non-hydrogen) atoms. The van der Waals surface area contributed by atoms with Gasteiger partial charge in [0.15, 0.2) is 11.5 Å². The van der Waals surface area contributed by atoms with E-state index in [-0.39, 0.29) is 11.5 Å². The zero-order valence-corrected chi connectivity index (χ0v) is 11.1. The van der Waals surface area contributed by atoms with Crippen molar-refractivity contribution in [1.82, 2.24) is 10.2 Å². The summed E-state index contributed by atoms with van der Waals surface area (Å²) in [4.78, 5) is 2.44. The zero-order chi connectivity index (χ0) is 13.7. The monoisotopic (exact) mass is 266 g/mol. The predicted octanol–water partition coefficient (Wildman–Crippen LogP) is 1.38. The Bertz CT molecular complexity index is 417. The summed E-state index contributed by atoms with van der Waals surface area (Å²) in [7, 11) is 0. The van der Waals surface area contributed by atoms with Gasteiger partial charge in [-0.15, -0.1) is 0 Å². The van der Waals surface area contributed by atoms with Crippen molar-refractivity contribution in [3.63, 3.8) is 0 Å². The molecule has 1 aromatic carbocycles. The van der Waals surface area contributed by atoms with Crippen LogP contribution in [0.1, 0.15) is 24.8 Å². The Balaban J connectivity index is 1.75. The standard InChI is InChI=1S/C14H22N2O3/c17-12-5-4-11(13(18)14(12)19)10-15-6-9-16-7-2-1-3-8-16/h4-5,15,17-19H,1-3,6-10H2. The zero-order valence-electron chi connectivity index (χ0n) is 11.1. The van der Waals surface area contributed by atoms with E-state index in [0.29, 0.717) is 12.1 Å². The van der Waals surface area contributed by atoms with Crippen LogP contribution in [0.2, 0.25) is 0 Å². The molecule has 1 aliphatic heterocycles. The van der Waals surface area contributed by atoms with Crippen molar-refractivity contribution in [2.24, 2.45) is 0 Å². The summed E-state index contributed by atoms with van der Waals surface area (Å²) in [5.74, 6) is -0.990. The van der Waals surface area contributed by atoms with Crippen molar-refractivity contribution in [2.75, 3.05) is 26.2 Å². The lowest BCUT2D eigenvalue weighted by Crippen LogP contribution is -2.35. The lowest BCUT2D eigenvalue weighted by atomic mass is 10.1. The van der Waals surface area contributed by atoms with Crippen LogP contribution >= 0.6 is 0 Å². The van der Waals surface area contributed by atoms with E-state index in [0.717, 1.165) is 13.1 Å². The van der Waals surface area contributed by atoms with Gasteiger partial charge in [0, 0.05) is 25.2 Å². The molecule has 4 N–H and O–H groups in total. The summed E-state index contributed by atoms with van der Waals surface area (Å²) in [6.07, 6.45) is 3.91. The predicted molar refractivity (Wildman–Crippen MR) is 73.4 cm³/mol. The molecule has 0 atom stereocenters. The van der Waals surface area contributed by atoms with Crippen molar-refractivity contribution >= 4 is 0 Å². The second-order valence-corrected chi connectivity index (χ2v) is 5.02. The number of piperidine rings is 1. The number of phenols is 3. The highest BCUT2D eigenvalue weighted by atomic mass is 16.3. The highest BCUT2D eigenvalue weighted by Gasteiger charge is 2.11. The molecule has 106 valence electrons. The van der Waals surface area contributed by atoms with Gasteiger partial charge in [-0.1, -0.05) is 12.5 Å². The minimum absolute atomic E-state index is 0.245. The van der Waals surface area contributed by atoms with Gasteiger partial charge in [-0.3, -0.25) is 0 Å². The average Bonchev–Trinajstić information content (AvgIpc) is 2.44. The third-order valence-corrected chi connectivity index (χ3v) is 3.58. The summed E-state index contributed by atoms with van der Waals surface area (Å²) < 4.78 is 0. The van der Waals surface area contributed by atoms with Gasteiger partial charge in [0.05, 0.1) is 0 Å². The number of hydrogen-bond acceptors (Lipinski definition) is 5. The summed E-state index contributed by atoms with van der Waals surface area (Å²) >= 11 is 0. The van der Waals surface area contributed by atoms with Gasteiger partial charge >= 0.3 is 0 Å². The van der Waals surface area contributed by atoms with Crippen LogP contribution in [0.25, 0.3) is 0 Å². The van der Waals surface area contributed by atoms with E-state index < -0.39 is 5.75 Å². The van der Waals surface area contributed by atoms with Gasteiger partial charge in [0.1, 0.15) is 0 Å². The molecule has 1 aromatic rings. The van der Waals surface area contributed by atoms with Crippen molar-refractivity contribution < 1.29 is 15.3 Å². The molecule has 1 heterocycles. The summed E-state index contributed by atoms with van der Waals surface area (Å²) in [5, 5.41) is 31.5. The minimum Gasteiger partial charge on any atom is -0.504 e. The second-order valence-electron chi connectivity index (χ2n) is 5.02. The SMILES string of the molecule is Oc1ccc(CNCCN2CCCCC2)c(O)c1O. The number of hydrogen-bond donors (Lipinski definition) is 4. The topological polar surface area (TPSA) is 76.0 Å². The summed E-state index contributed by atoms with van der Waals surface area (Å²) in [6, 6.07) is 3.00. The molecule has 5 heteroatoms. The Labute approximate surface area is 113 Å². The highest BCUT2D eigenvalue weighted by molar-refractivity contribution is 5.52. The molecular formula is C14H22N2O3. The molecule has 2 rings (SSSR count). The molecule has 0 aliphatic carbocycles. The lowest BCUT2D eigenvalue weighted by Gasteiger charge is -2.26. The van der Waals surface area contributed by atoms with E-state index in [4.69, 9.17) is 0 Å². The van der Waals surface area contributed by atoms with Crippen LogP contribution in [0, 0.1) is 0 Å². The first kappa shape index (κ1) is 14.0. The maximum absolute atomic E-state index is 9.67. The lowest BCUT2D eigenvalue weighted by molar-refractivity contribution is 0.229. The third kappa shape index (κ3) is 3.75. The largest absolute Gasteiger partial charge is 0.504 e. The quantitative estimate of drug-likeness (QED) is 0.478. The molecule has 0 spiro atoms. The highest BCUT2D eigenvalue weighted by Crippen LogP contribution is 2.36. The van der Waals surface area contributed by atoms with E-state index in [1.807, 2.05) is 0 Å². The fourth-order valence-electron chi connectivity index (χ4n) is 2.40. The van der Waals surface area contributed by atoms with E-state index in [1.54, 1.807) is 6.07 Å². The molecule has 0 saturated carbocycles. The van der Waals surface area contributed by atoms with E-state index in [9.17, 15) is 15.3 Å². The average molecular weight is 266 g/mol. The molecule has 1 fully saturated rings. The Morgan fingerprint density at radius 1 is 1.00 bits per heavy atom. The number of rotatable bonds is 5. The van der Waals surface area contributed by atoms with E-state index in [2.05, 4.69) is 10.2 Å². The van der Waals surface area contributed by atoms with Crippen LogP contribution in [-0.2, 0) is 6.54 Å². The van der Waals surface area contributed by atoms with Gasteiger partial charge in [0.25, 0.3) is 0 Å². The first-order valence-corrected chi connectivity index (χ1v) is 6.84. The Morgan fingerprint density at radius 3 is 2.47 bits per heavy atom. The molecular weight excluding hydrogens is 244 g/mol. The Morgan fingerprint density at radius 2 is 1.74 bits per heavy atom. The molecule has 0 unspecified atom stereocenters. The minimum atomic E-state index is -0.449. The molecule has 0 radical (unpaired) electrons. The fraction of sp³-hybridized carbons (Fsp3) is 0.571. The van der Waals surface area contributed by atoms with Crippen molar-refractivity contribution in [2.45, 2.75) is 25.8 Å². The first-order chi connectivity index (χ1) is 9.18. The van der Waals surface area contributed by atoms with Crippen LogP contribution in [0.4, 0.5) is 0 Å². The van der Waals surface area contributed by atoms with E-state index in [1.165, 1.54) is 38.4 Å². The molecule has 0 aromatic heterocycles. The van der Waals surface area contributed by atoms with Crippen molar-refractivity contribution in [3.8, 4) is 17.2 Å². The molecule has 1 aliphatic rings. The van der Waals surface area contributed by atoms with Crippen LogP contribution < -0.4 is 5.32 Å². The number of nitrogens with one attached hydrogen (secondary N) is 1. The van der Waals surface area contributed by atoms with Gasteiger partial charge in [-0.2, -0.15) is 0 Å². The number of nitrogens with zero attached hydrogens (tertiary/aromatic N) is 1. The maximum Gasteiger partial charge on any atom is 0.200 e. The molecule has 0 amide bonds. The summed E-state index contributed by atoms with van der Waals surface area (Å²) in [6.45, 7) is 4.68. The number of benzene rings is 1. The smallest absolute Gasteiger partial charge is 0.200 e. The van der Waals surface area contributed by atoms with Crippen molar-refractivity contribution in [3.05, 3.63) is 17.7 Å². The van der Waals surface area contributed by atoms with Gasteiger partial charge in [-0.05, 0) is 32.0 Å². The van der Waals surface area contributed by atoms with Crippen LogP contribution in [0.3, 0.4) is 0 Å². The Hall–Kier alpha value is -1.46. The number of likely N-dealkylation sites (tertiary alicyclic amines) is 1. The normalized spacial score (nSPS) is 16.6. The summed E-state index contributed by atoms with van der Waals surface area (Å²) in [5.41, 5.74) is 0.592. The number of aromatic hydroxyl groups is 3.